The van der Waals surface area contributed by atoms with E-state index >= 15 is 0 Å². The minimum atomic E-state index is -4.20. The van der Waals surface area contributed by atoms with Gasteiger partial charge in [0, 0.05) is 17.6 Å². The Morgan fingerprint density at radius 2 is 2.05 bits per heavy atom. The monoisotopic (exact) mass is 329 g/mol. The van der Waals surface area contributed by atoms with E-state index in [1.165, 1.54) is 13.2 Å². The van der Waals surface area contributed by atoms with Crippen LogP contribution in [0.15, 0.2) is 17.0 Å². The molecule has 9 heteroatoms. The van der Waals surface area contributed by atoms with Gasteiger partial charge in [0.1, 0.15) is 10.6 Å². The van der Waals surface area contributed by atoms with Crippen LogP contribution in [0.2, 0.25) is 5.02 Å². The van der Waals surface area contributed by atoms with E-state index in [4.69, 9.17) is 16.3 Å². The highest BCUT2D eigenvalue weighted by Crippen LogP contribution is 2.33. The molecule has 0 aliphatic carbocycles. The number of hydrogen-bond donors (Lipinski definition) is 1. The first-order chi connectivity index (χ1) is 9.23. The van der Waals surface area contributed by atoms with Crippen molar-refractivity contribution in [3.63, 3.8) is 0 Å². The van der Waals surface area contributed by atoms with Gasteiger partial charge in [-0.1, -0.05) is 11.6 Å². The number of benzene rings is 1. The van der Waals surface area contributed by atoms with E-state index in [-0.39, 0.29) is 21.2 Å². The van der Waals surface area contributed by atoms with Crippen molar-refractivity contribution in [2.24, 2.45) is 0 Å². The van der Waals surface area contributed by atoms with E-state index in [0.717, 1.165) is 13.1 Å². The van der Waals surface area contributed by atoms with Gasteiger partial charge in [-0.05, 0) is 12.1 Å². The predicted octanol–water partition coefficient (Wildman–Crippen LogP) is 1.73. The fourth-order valence-electron chi connectivity index (χ4n) is 1.62. The molecule has 0 aliphatic heterocycles. The average Bonchev–Trinajstić information content (AvgIpc) is 2.36. The molecule has 1 aromatic rings. The highest BCUT2D eigenvalue weighted by molar-refractivity contribution is 7.89. The Morgan fingerprint density at radius 1 is 1.45 bits per heavy atom. The SMILES string of the molecule is COc1c(CO)cc(Cl)cc1S(=O)(=O)N(C)CC(F)F. The number of aliphatic hydroxyl groups excluding tert-OH is 1. The van der Waals surface area contributed by atoms with Crippen molar-refractivity contribution in [2.75, 3.05) is 20.7 Å². The molecule has 1 N–H and O–H groups in total. The lowest BCUT2D eigenvalue weighted by atomic mass is 10.2. The quantitative estimate of drug-likeness (QED) is 0.863. The summed E-state index contributed by atoms with van der Waals surface area (Å²) in [5.41, 5.74) is 0.157. The van der Waals surface area contributed by atoms with Gasteiger partial charge >= 0.3 is 0 Å². The first-order valence-corrected chi connectivity index (χ1v) is 7.27. The van der Waals surface area contributed by atoms with E-state index in [0.29, 0.717) is 4.31 Å². The average molecular weight is 330 g/mol. The molecule has 0 amide bonds. The molecule has 1 aromatic carbocycles. The van der Waals surface area contributed by atoms with Crippen molar-refractivity contribution in [1.29, 1.82) is 0 Å². The Kier molecular flexibility index (Phi) is 5.69. The van der Waals surface area contributed by atoms with Gasteiger partial charge < -0.3 is 9.84 Å². The van der Waals surface area contributed by atoms with Crippen molar-refractivity contribution < 1.29 is 27.0 Å². The van der Waals surface area contributed by atoms with Gasteiger partial charge in [0.2, 0.25) is 10.0 Å². The molecular formula is C11H14ClF2NO4S. The van der Waals surface area contributed by atoms with E-state index < -0.39 is 29.6 Å². The lowest BCUT2D eigenvalue weighted by Gasteiger charge is -2.20. The van der Waals surface area contributed by atoms with Crippen LogP contribution in [-0.4, -0.2) is 45.0 Å². The number of nitrogens with zero attached hydrogens (tertiary/aromatic N) is 1. The lowest BCUT2D eigenvalue weighted by molar-refractivity contribution is 0.126. The molecule has 0 aliphatic rings. The second-order valence-corrected chi connectivity index (χ2v) is 6.38. The zero-order valence-corrected chi connectivity index (χ0v) is 12.4. The van der Waals surface area contributed by atoms with Crippen LogP contribution >= 0.6 is 11.6 Å². The van der Waals surface area contributed by atoms with Crippen molar-refractivity contribution in [2.45, 2.75) is 17.9 Å². The molecule has 0 heterocycles. The summed E-state index contributed by atoms with van der Waals surface area (Å²) in [5.74, 6) is -0.113. The Labute approximate surface area is 120 Å². The molecule has 0 saturated carbocycles. The van der Waals surface area contributed by atoms with E-state index in [9.17, 15) is 22.3 Å². The minimum absolute atomic E-state index is 0.0545. The molecule has 0 saturated heterocycles. The second kappa shape index (κ2) is 6.66. The van der Waals surface area contributed by atoms with Crippen LogP contribution in [0.5, 0.6) is 5.75 Å². The Hall–Kier alpha value is -0.960. The molecule has 0 spiro atoms. The van der Waals surface area contributed by atoms with E-state index in [1.54, 1.807) is 0 Å². The van der Waals surface area contributed by atoms with Crippen LogP contribution in [-0.2, 0) is 16.6 Å². The molecule has 0 bridgehead atoms. The molecule has 0 atom stereocenters. The fraction of sp³-hybridized carbons (Fsp3) is 0.455. The van der Waals surface area contributed by atoms with Gasteiger partial charge in [-0.2, -0.15) is 4.31 Å². The number of rotatable bonds is 6. The summed E-state index contributed by atoms with van der Waals surface area (Å²) in [6.07, 6.45) is -2.81. The smallest absolute Gasteiger partial charge is 0.252 e. The summed E-state index contributed by atoms with van der Waals surface area (Å²) in [6, 6.07) is 2.43. The maximum atomic E-state index is 12.3. The molecule has 114 valence electrons. The number of sulfonamides is 1. The number of aliphatic hydroxyl groups is 1. The number of alkyl halides is 2. The largest absolute Gasteiger partial charge is 0.495 e. The van der Waals surface area contributed by atoms with Gasteiger partial charge in [-0.25, -0.2) is 17.2 Å². The standard InChI is InChI=1S/C11H14ClF2NO4S/c1-15(5-10(13)14)20(17,18)9-4-8(12)3-7(6-16)11(9)19-2/h3-4,10,16H,5-6H2,1-2H3. The van der Waals surface area contributed by atoms with Crippen LogP contribution in [0.3, 0.4) is 0 Å². The lowest BCUT2D eigenvalue weighted by Crippen LogP contribution is -2.31. The van der Waals surface area contributed by atoms with Crippen molar-refractivity contribution >= 4 is 21.6 Å². The summed E-state index contributed by atoms with van der Waals surface area (Å²) in [4.78, 5) is -0.361. The third-order valence-electron chi connectivity index (χ3n) is 2.55. The van der Waals surface area contributed by atoms with Gasteiger partial charge in [-0.15, -0.1) is 0 Å². The summed E-state index contributed by atoms with van der Waals surface area (Å²) in [7, 11) is -1.95. The molecule has 1 rings (SSSR count). The zero-order chi connectivity index (χ0) is 15.5. The van der Waals surface area contributed by atoms with Crippen molar-refractivity contribution in [3.05, 3.63) is 22.7 Å². The normalized spacial score (nSPS) is 12.2. The first kappa shape index (κ1) is 17.1. The third-order valence-corrected chi connectivity index (χ3v) is 4.60. The summed E-state index contributed by atoms with van der Waals surface area (Å²) < 4.78 is 54.6. The van der Waals surface area contributed by atoms with Crippen LogP contribution in [0.1, 0.15) is 5.56 Å². The van der Waals surface area contributed by atoms with Crippen molar-refractivity contribution in [1.82, 2.24) is 4.31 Å². The highest BCUT2D eigenvalue weighted by atomic mass is 35.5. The molecular weight excluding hydrogens is 316 g/mol. The van der Waals surface area contributed by atoms with Gasteiger partial charge in [0.05, 0.1) is 20.3 Å². The van der Waals surface area contributed by atoms with E-state index in [1.807, 2.05) is 0 Å². The molecule has 0 unspecified atom stereocenters. The van der Waals surface area contributed by atoms with Crippen LogP contribution in [0, 0.1) is 0 Å². The fourth-order valence-corrected chi connectivity index (χ4v) is 3.30. The van der Waals surface area contributed by atoms with Crippen LogP contribution in [0.25, 0.3) is 0 Å². The van der Waals surface area contributed by atoms with Crippen LogP contribution < -0.4 is 4.74 Å². The molecule has 20 heavy (non-hydrogen) atoms. The van der Waals surface area contributed by atoms with Gasteiger partial charge in [-0.3, -0.25) is 0 Å². The number of hydrogen-bond acceptors (Lipinski definition) is 4. The molecule has 0 aromatic heterocycles. The minimum Gasteiger partial charge on any atom is -0.495 e. The zero-order valence-electron chi connectivity index (χ0n) is 10.8. The maximum absolute atomic E-state index is 12.3. The topological polar surface area (TPSA) is 66.8 Å². The van der Waals surface area contributed by atoms with Crippen LogP contribution in [0.4, 0.5) is 8.78 Å². The summed E-state index contributed by atoms with van der Waals surface area (Å²) >= 11 is 5.78. The highest BCUT2D eigenvalue weighted by Gasteiger charge is 2.28. The summed E-state index contributed by atoms with van der Waals surface area (Å²) in [5, 5.41) is 9.24. The summed E-state index contributed by atoms with van der Waals surface area (Å²) in [6.45, 7) is -1.45. The van der Waals surface area contributed by atoms with Gasteiger partial charge in [0.15, 0.2) is 0 Å². The molecule has 0 fully saturated rings. The maximum Gasteiger partial charge on any atom is 0.252 e. The second-order valence-electron chi connectivity index (χ2n) is 3.93. The first-order valence-electron chi connectivity index (χ1n) is 5.45. The van der Waals surface area contributed by atoms with Crippen molar-refractivity contribution in [3.8, 4) is 5.75 Å². The Balaban J connectivity index is 3.41. The third kappa shape index (κ3) is 3.57. The predicted molar refractivity (Wildman–Crippen MR) is 69.7 cm³/mol. The van der Waals surface area contributed by atoms with E-state index in [2.05, 4.69) is 0 Å². The number of methoxy groups -OCH3 is 1. The molecule has 0 radical (unpaired) electrons. The number of halogens is 3. The number of ether oxygens (including phenoxy) is 1. The Bertz CT molecular complexity index is 580. The van der Waals surface area contributed by atoms with Gasteiger partial charge in [0.25, 0.3) is 6.43 Å². The Morgan fingerprint density at radius 3 is 2.50 bits per heavy atom. The molecule has 5 nitrogen and oxygen atoms in total.